The fourth-order valence-electron chi connectivity index (χ4n) is 2.65. The van der Waals surface area contributed by atoms with E-state index in [0.717, 1.165) is 38.8 Å². The molecular weight excluding hydrogens is 164 g/mol. The monoisotopic (exact) mass is 182 g/mol. The van der Waals surface area contributed by atoms with Gasteiger partial charge in [0.15, 0.2) is 0 Å². The zero-order valence-corrected chi connectivity index (χ0v) is 8.31. The molecular formula is C10H18N2O. The number of carbonyl (C=O) groups is 1. The van der Waals surface area contributed by atoms with Gasteiger partial charge in [0.2, 0.25) is 5.91 Å². The Bertz CT molecular complexity index is 203. The van der Waals surface area contributed by atoms with Gasteiger partial charge in [-0.3, -0.25) is 4.79 Å². The maximum atomic E-state index is 11.6. The van der Waals surface area contributed by atoms with Crippen LogP contribution in [0.3, 0.4) is 0 Å². The molecule has 2 aliphatic rings. The van der Waals surface area contributed by atoms with Crippen LogP contribution in [0.1, 0.15) is 32.1 Å². The summed E-state index contributed by atoms with van der Waals surface area (Å²) in [6, 6.07) is 0. The molecule has 0 radical (unpaired) electrons. The lowest BCUT2D eigenvalue weighted by atomic mass is 9.79. The summed E-state index contributed by atoms with van der Waals surface area (Å²) in [5.74, 6) is 0.341. The van der Waals surface area contributed by atoms with E-state index in [-0.39, 0.29) is 5.54 Å². The van der Waals surface area contributed by atoms with Crippen molar-refractivity contribution in [2.75, 3.05) is 20.1 Å². The number of hydrogen-bond donors (Lipinski definition) is 1. The standard InChI is InChI=1S/C10H18N2O/c1-12-9(13)3-2-4-10(12)5-7-11-8-6-10/h11H,2-8H2,1H3. The van der Waals surface area contributed by atoms with Gasteiger partial charge in [0.05, 0.1) is 0 Å². The van der Waals surface area contributed by atoms with Crippen LogP contribution in [0.2, 0.25) is 0 Å². The summed E-state index contributed by atoms with van der Waals surface area (Å²) in [6.07, 6.45) is 5.32. The Labute approximate surface area is 79.5 Å². The molecule has 2 heterocycles. The van der Waals surface area contributed by atoms with Gasteiger partial charge in [-0.15, -0.1) is 0 Å². The van der Waals surface area contributed by atoms with E-state index in [0.29, 0.717) is 5.91 Å². The van der Waals surface area contributed by atoms with Crippen molar-refractivity contribution in [3.63, 3.8) is 0 Å². The van der Waals surface area contributed by atoms with Gasteiger partial charge in [-0.2, -0.15) is 0 Å². The lowest BCUT2D eigenvalue weighted by molar-refractivity contribution is -0.141. The van der Waals surface area contributed by atoms with Crippen LogP contribution in [-0.2, 0) is 4.79 Å². The third kappa shape index (κ3) is 1.46. The lowest BCUT2D eigenvalue weighted by Gasteiger charge is -2.47. The van der Waals surface area contributed by atoms with E-state index in [9.17, 15) is 4.79 Å². The van der Waals surface area contributed by atoms with E-state index in [2.05, 4.69) is 5.32 Å². The molecule has 0 aromatic carbocycles. The minimum Gasteiger partial charge on any atom is -0.340 e. The van der Waals surface area contributed by atoms with Gasteiger partial charge in [-0.05, 0) is 38.8 Å². The van der Waals surface area contributed by atoms with E-state index in [1.54, 1.807) is 0 Å². The van der Waals surface area contributed by atoms with Crippen LogP contribution < -0.4 is 5.32 Å². The van der Waals surface area contributed by atoms with Crippen molar-refractivity contribution in [3.05, 3.63) is 0 Å². The van der Waals surface area contributed by atoms with Gasteiger partial charge in [0, 0.05) is 19.0 Å². The Morgan fingerprint density at radius 1 is 1.31 bits per heavy atom. The maximum absolute atomic E-state index is 11.6. The molecule has 2 rings (SSSR count). The largest absolute Gasteiger partial charge is 0.340 e. The second-order valence-electron chi connectivity index (χ2n) is 4.28. The Morgan fingerprint density at radius 3 is 2.69 bits per heavy atom. The molecule has 0 bridgehead atoms. The van der Waals surface area contributed by atoms with Gasteiger partial charge >= 0.3 is 0 Å². The quantitative estimate of drug-likeness (QED) is 0.599. The van der Waals surface area contributed by atoms with Gasteiger partial charge < -0.3 is 10.2 Å². The first-order valence-corrected chi connectivity index (χ1v) is 5.22. The lowest BCUT2D eigenvalue weighted by Crippen LogP contribution is -2.57. The number of hydrogen-bond acceptors (Lipinski definition) is 2. The average Bonchev–Trinajstić information content (AvgIpc) is 2.16. The van der Waals surface area contributed by atoms with E-state index >= 15 is 0 Å². The number of likely N-dealkylation sites (tertiary alicyclic amines) is 1. The molecule has 1 amide bonds. The van der Waals surface area contributed by atoms with E-state index in [4.69, 9.17) is 0 Å². The first-order valence-electron chi connectivity index (χ1n) is 5.22. The van der Waals surface area contributed by atoms with Crippen LogP contribution in [-0.4, -0.2) is 36.5 Å². The molecule has 0 aromatic heterocycles. The molecule has 0 atom stereocenters. The van der Waals surface area contributed by atoms with Crippen molar-refractivity contribution in [1.82, 2.24) is 10.2 Å². The summed E-state index contributed by atoms with van der Waals surface area (Å²) in [4.78, 5) is 13.6. The normalized spacial score (nSPS) is 28.1. The van der Waals surface area contributed by atoms with Crippen molar-refractivity contribution in [2.45, 2.75) is 37.6 Å². The Kier molecular flexibility index (Phi) is 2.28. The maximum Gasteiger partial charge on any atom is 0.222 e. The number of nitrogens with zero attached hydrogens (tertiary/aromatic N) is 1. The van der Waals surface area contributed by atoms with Crippen LogP contribution in [0.25, 0.3) is 0 Å². The van der Waals surface area contributed by atoms with Gasteiger partial charge in [0.1, 0.15) is 0 Å². The van der Waals surface area contributed by atoms with Crippen LogP contribution in [0, 0.1) is 0 Å². The molecule has 3 nitrogen and oxygen atoms in total. The Hall–Kier alpha value is -0.570. The molecule has 1 N–H and O–H groups in total. The molecule has 0 aromatic rings. The molecule has 2 fully saturated rings. The molecule has 0 aliphatic carbocycles. The minimum atomic E-state index is 0.209. The Morgan fingerprint density at radius 2 is 2.00 bits per heavy atom. The molecule has 0 saturated carbocycles. The molecule has 0 unspecified atom stereocenters. The van der Waals surface area contributed by atoms with Crippen molar-refractivity contribution in [1.29, 1.82) is 0 Å². The fourth-order valence-corrected chi connectivity index (χ4v) is 2.65. The van der Waals surface area contributed by atoms with Gasteiger partial charge in [-0.25, -0.2) is 0 Å². The van der Waals surface area contributed by atoms with Crippen molar-refractivity contribution < 1.29 is 4.79 Å². The smallest absolute Gasteiger partial charge is 0.222 e. The van der Waals surface area contributed by atoms with Crippen LogP contribution >= 0.6 is 0 Å². The molecule has 3 heteroatoms. The topological polar surface area (TPSA) is 32.3 Å². The average molecular weight is 182 g/mol. The molecule has 2 saturated heterocycles. The number of nitrogens with one attached hydrogen (secondary N) is 1. The van der Waals surface area contributed by atoms with Gasteiger partial charge in [-0.1, -0.05) is 0 Å². The zero-order valence-electron chi connectivity index (χ0n) is 8.31. The van der Waals surface area contributed by atoms with Crippen LogP contribution in [0.4, 0.5) is 0 Å². The summed E-state index contributed by atoms with van der Waals surface area (Å²) in [5.41, 5.74) is 0.209. The zero-order chi connectivity index (χ0) is 9.31. The summed E-state index contributed by atoms with van der Waals surface area (Å²) >= 11 is 0. The molecule has 1 spiro atoms. The number of rotatable bonds is 0. The molecule has 74 valence electrons. The van der Waals surface area contributed by atoms with Crippen molar-refractivity contribution in [2.24, 2.45) is 0 Å². The summed E-state index contributed by atoms with van der Waals surface area (Å²) in [7, 11) is 1.98. The summed E-state index contributed by atoms with van der Waals surface area (Å²) in [6.45, 7) is 2.13. The van der Waals surface area contributed by atoms with Crippen molar-refractivity contribution >= 4 is 5.91 Å². The summed E-state index contributed by atoms with van der Waals surface area (Å²) in [5, 5.41) is 3.35. The first-order chi connectivity index (χ1) is 6.25. The van der Waals surface area contributed by atoms with E-state index < -0.39 is 0 Å². The number of carbonyl (C=O) groups excluding carboxylic acids is 1. The van der Waals surface area contributed by atoms with Crippen molar-refractivity contribution in [3.8, 4) is 0 Å². The third-order valence-corrected chi connectivity index (χ3v) is 3.65. The third-order valence-electron chi connectivity index (χ3n) is 3.65. The molecule has 13 heavy (non-hydrogen) atoms. The Balaban J connectivity index is 2.13. The van der Waals surface area contributed by atoms with Gasteiger partial charge in [0.25, 0.3) is 0 Å². The van der Waals surface area contributed by atoms with Crippen LogP contribution in [0.15, 0.2) is 0 Å². The fraction of sp³-hybridized carbons (Fsp3) is 0.900. The predicted molar refractivity (Wildman–Crippen MR) is 51.5 cm³/mol. The highest BCUT2D eigenvalue weighted by Gasteiger charge is 2.40. The SMILES string of the molecule is CN1C(=O)CCCC12CCNCC2. The highest BCUT2D eigenvalue weighted by atomic mass is 16.2. The summed E-state index contributed by atoms with van der Waals surface area (Å²) < 4.78 is 0. The minimum absolute atomic E-state index is 0.209. The van der Waals surface area contributed by atoms with E-state index in [1.165, 1.54) is 6.42 Å². The first kappa shape index (κ1) is 9.00. The number of piperidine rings is 2. The molecule has 2 aliphatic heterocycles. The highest BCUT2D eigenvalue weighted by molar-refractivity contribution is 5.77. The predicted octanol–water partition coefficient (Wildman–Crippen LogP) is 0.751. The second kappa shape index (κ2) is 3.29. The van der Waals surface area contributed by atoms with E-state index in [1.807, 2.05) is 11.9 Å². The second-order valence-corrected chi connectivity index (χ2v) is 4.28. The highest BCUT2D eigenvalue weighted by Crippen LogP contribution is 2.34. The number of amides is 1. The van der Waals surface area contributed by atoms with Crippen LogP contribution in [0.5, 0.6) is 0 Å².